The fourth-order valence-corrected chi connectivity index (χ4v) is 3.99. The Bertz CT molecular complexity index is 527. The molecule has 0 spiro atoms. The molecule has 0 bridgehead atoms. The summed E-state index contributed by atoms with van der Waals surface area (Å²) in [6, 6.07) is 6.29. The Labute approximate surface area is 133 Å². The van der Waals surface area contributed by atoms with Crippen molar-refractivity contribution in [3.63, 3.8) is 0 Å². The molecule has 2 rings (SSSR count). The molecule has 0 N–H and O–H groups in total. The highest BCUT2D eigenvalue weighted by molar-refractivity contribution is 9.09. The Balaban J connectivity index is 2.00. The maximum atomic E-state index is 12.5. The molecule has 1 aromatic rings. The number of hydrogen-bond donors (Lipinski definition) is 0. The van der Waals surface area contributed by atoms with E-state index < -0.39 is 10.0 Å². The first kappa shape index (κ1) is 16.2. The summed E-state index contributed by atoms with van der Waals surface area (Å²) in [6.07, 6.45) is 1.63. The van der Waals surface area contributed by atoms with Crippen molar-refractivity contribution >= 4 is 37.6 Å². The maximum Gasteiger partial charge on any atom is 0.243 e. The van der Waals surface area contributed by atoms with E-state index in [4.69, 9.17) is 16.3 Å². The predicted molar refractivity (Wildman–Crippen MR) is 83.0 cm³/mol. The van der Waals surface area contributed by atoms with Crippen LogP contribution in [0.2, 0.25) is 5.02 Å². The van der Waals surface area contributed by atoms with E-state index >= 15 is 0 Å². The standard InChI is InChI=1S/C13H17BrClNO3S/c14-7-10-19-12-5-8-16(9-6-12)20(17,18)13-3-1-11(15)2-4-13/h1-4,12H,5-10H2. The highest BCUT2D eigenvalue weighted by Gasteiger charge is 2.29. The van der Waals surface area contributed by atoms with E-state index in [9.17, 15) is 8.42 Å². The van der Waals surface area contributed by atoms with Gasteiger partial charge in [-0.2, -0.15) is 4.31 Å². The summed E-state index contributed by atoms with van der Waals surface area (Å²) in [6.45, 7) is 1.66. The van der Waals surface area contributed by atoms with Crippen LogP contribution in [0.1, 0.15) is 12.8 Å². The third-order valence-corrected chi connectivity index (χ3v) is 5.77. The zero-order valence-corrected chi connectivity index (χ0v) is 14.1. The summed E-state index contributed by atoms with van der Waals surface area (Å²) in [5, 5.41) is 1.34. The molecule has 0 atom stereocenters. The van der Waals surface area contributed by atoms with E-state index in [1.165, 1.54) is 4.31 Å². The van der Waals surface area contributed by atoms with Gasteiger partial charge in [0.05, 0.1) is 17.6 Å². The normalized spacial score (nSPS) is 18.3. The number of hydrogen-bond acceptors (Lipinski definition) is 3. The first-order valence-corrected chi connectivity index (χ1v) is 9.41. The van der Waals surface area contributed by atoms with E-state index in [1.54, 1.807) is 24.3 Å². The van der Waals surface area contributed by atoms with Gasteiger partial charge in [-0.05, 0) is 37.1 Å². The first-order valence-electron chi connectivity index (χ1n) is 6.47. The number of nitrogens with zero attached hydrogens (tertiary/aromatic N) is 1. The molecule has 1 aliphatic heterocycles. The van der Waals surface area contributed by atoms with Gasteiger partial charge in [0.25, 0.3) is 0 Å². The molecule has 1 fully saturated rings. The van der Waals surface area contributed by atoms with Crippen molar-refractivity contribution in [2.24, 2.45) is 0 Å². The van der Waals surface area contributed by atoms with Gasteiger partial charge in [-0.3, -0.25) is 0 Å². The van der Waals surface area contributed by atoms with Crippen LogP contribution in [0.5, 0.6) is 0 Å². The van der Waals surface area contributed by atoms with E-state index in [2.05, 4.69) is 15.9 Å². The highest BCUT2D eigenvalue weighted by atomic mass is 79.9. The highest BCUT2D eigenvalue weighted by Crippen LogP contribution is 2.23. The number of piperidine rings is 1. The SMILES string of the molecule is O=S(=O)(c1ccc(Cl)cc1)N1CCC(OCCBr)CC1. The molecule has 1 aliphatic rings. The average molecular weight is 383 g/mol. The maximum absolute atomic E-state index is 12.5. The minimum absolute atomic E-state index is 0.157. The number of rotatable bonds is 5. The largest absolute Gasteiger partial charge is 0.377 e. The molecule has 0 amide bonds. The lowest BCUT2D eigenvalue weighted by atomic mass is 10.1. The molecule has 7 heteroatoms. The molecular weight excluding hydrogens is 366 g/mol. The summed E-state index contributed by atoms with van der Waals surface area (Å²) in [5.74, 6) is 0. The lowest BCUT2D eigenvalue weighted by Gasteiger charge is -2.31. The number of ether oxygens (including phenoxy) is 1. The molecule has 1 saturated heterocycles. The van der Waals surface area contributed by atoms with Crippen LogP contribution in [-0.2, 0) is 14.8 Å². The molecule has 112 valence electrons. The Hall–Kier alpha value is -0.140. The fourth-order valence-electron chi connectivity index (χ4n) is 2.21. The summed E-state index contributed by atoms with van der Waals surface area (Å²) in [7, 11) is -3.41. The second kappa shape index (κ2) is 7.22. The molecular formula is C13H17BrClNO3S. The van der Waals surface area contributed by atoms with Gasteiger partial charge in [0.2, 0.25) is 10.0 Å². The van der Waals surface area contributed by atoms with Crippen molar-refractivity contribution in [2.45, 2.75) is 23.8 Å². The Morgan fingerprint density at radius 3 is 2.40 bits per heavy atom. The van der Waals surface area contributed by atoms with Gasteiger partial charge >= 0.3 is 0 Å². The fraction of sp³-hybridized carbons (Fsp3) is 0.538. The minimum Gasteiger partial charge on any atom is -0.377 e. The molecule has 0 radical (unpaired) electrons. The number of halogens is 2. The third kappa shape index (κ3) is 3.95. The minimum atomic E-state index is -3.41. The van der Waals surface area contributed by atoms with Crippen molar-refractivity contribution in [1.29, 1.82) is 0 Å². The van der Waals surface area contributed by atoms with Crippen LogP contribution in [0.3, 0.4) is 0 Å². The van der Waals surface area contributed by atoms with Crippen LogP contribution in [0.25, 0.3) is 0 Å². The van der Waals surface area contributed by atoms with Gasteiger partial charge in [-0.1, -0.05) is 27.5 Å². The number of sulfonamides is 1. The van der Waals surface area contributed by atoms with Gasteiger partial charge in [0.15, 0.2) is 0 Å². The van der Waals surface area contributed by atoms with E-state index in [1.807, 2.05) is 0 Å². The van der Waals surface area contributed by atoms with Crippen LogP contribution in [0, 0.1) is 0 Å². The van der Waals surface area contributed by atoms with E-state index in [0.29, 0.717) is 29.6 Å². The predicted octanol–water partition coefficient (Wildman–Crippen LogP) is 2.90. The van der Waals surface area contributed by atoms with Crippen molar-refractivity contribution < 1.29 is 13.2 Å². The summed E-state index contributed by atoms with van der Waals surface area (Å²) in [5.41, 5.74) is 0. The Kier molecular flexibility index (Phi) is 5.86. The van der Waals surface area contributed by atoms with Crippen LogP contribution >= 0.6 is 27.5 Å². The monoisotopic (exact) mass is 381 g/mol. The van der Waals surface area contributed by atoms with Crippen molar-refractivity contribution in [3.05, 3.63) is 29.3 Å². The van der Waals surface area contributed by atoms with Crippen molar-refractivity contribution in [1.82, 2.24) is 4.31 Å². The van der Waals surface area contributed by atoms with Crippen molar-refractivity contribution in [2.75, 3.05) is 25.0 Å². The van der Waals surface area contributed by atoms with E-state index in [0.717, 1.165) is 18.2 Å². The molecule has 20 heavy (non-hydrogen) atoms. The Morgan fingerprint density at radius 2 is 1.85 bits per heavy atom. The Morgan fingerprint density at radius 1 is 1.25 bits per heavy atom. The van der Waals surface area contributed by atoms with Gasteiger partial charge in [-0.25, -0.2) is 8.42 Å². The number of alkyl halides is 1. The van der Waals surface area contributed by atoms with Gasteiger partial charge in [-0.15, -0.1) is 0 Å². The molecule has 4 nitrogen and oxygen atoms in total. The van der Waals surface area contributed by atoms with Crippen molar-refractivity contribution in [3.8, 4) is 0 Å². The quantitative estimate of drug-likeness (QED) is 0.736. The second-order valence-corrected chi connectivity index (χ2v) is 7.78. The van der Waals surface area contributed by atoms with Gasteiger partial charge in [0.1, 0.15) is 0 Å². The van der Waals surface area contributed by atoms with Crippen LogP contribution in [0.4, 0.5) is 0 Å². The molecule has 0 saturated carbocycles. The average Bonchev–Trinajstić information content (AvgIpc) is 2.46. The summed E-state index contributed by atoms with van der Waals surface area (Å²) >= 11 is 9.10. The molecule has 0 aliphatic carbocycles. The topological polar surface area (TPSA) is 46.6 Å². The molecule has 1 aromatic carbocycles. The lowest BCUT2D eigenvalue weighted by Crippen LogP contribution is -2.40. The first-order chi connectivity index (χ1) is 9.54. The summed E-state index contributed by atoms with van der Waals surface area (Å²) < 4.78 is 32.1. The zero-order chi connectivity index (χ0) is 14.6. The van der Waals surface area contributed by atoms with Gasteiger partial charge < -0.3 is 4.74 Å². The smallest absolute Gasteiger partial charge is 0.243 e. The molecule has 0 unspecified atom stereocenters. The lowest BCUT2D eigenvalue weighted by molar-refractivity contribution is 0.0309. The molecule has 1 heterocycles. The molecule has 0 aromatic heterocycles. The third-order valence-electron chi connectivity index (χ3n) is 3.28. The van der Waals surface area contributed by atoms with Crippen LogP contribution < -0.4 is 0 Å². The van der Waals surface area contributed by atoms with E-state index in [-0.39, 0.29) is 6.10 Å². The second-order valence-electron chi connectivity index (χ2n) is 4.62. The van der Waals surface area contributed by atoms with Gasteiger partial charge in [0, 0.05) is 23.4 Å². The summed E-state index contributed by atoms with van der Waals surface area (Å²) in [4.78, 5) is 0.293. The van der Waals surface area contributed by atoms with Crippen LogP contribution in [-0.4, -0.2) is 43.9 Å². The van der Waals surface area contributed by atoms with Crippen LogP contribution in [0.15, 0.2) is 29.2 Å². The zero-order valence-electron chi connectivity index (χ0n) is 11.0. The number of benzene rings is 1.